The molecule has 1 aromatic heterocycles. The van der Waals surface area contributed by atoms with E-state index < -0.39 is 0 Å². The lowest BCUT2D eigenvalue weighted by Gasteiger charge is -2.34. The average molecular weight is 287 g/mol. The van der Waals surface area contributed by atoms with E-state index in [4.69, 9.17) is 5.11 Å². The standard InChI is InChI=1S/C16H21N3O2/c1-17-14-5-3-2-4-13(14)12-15(17)16(21)19-8-6-18(7-9-19)10-11-20/h2-5,12,20H,6-11H2,1H3. The molecule has 5 heteroatoms. The van der Waals surface area contributed by atoms with Crippen molar-refractivity contribution >= 4 is 16.8 Å². The lowest BCUT2D eigenvalue weighted by molar-refractivity contribution is 0.0606. The Hall–Kier alpha value is -1.85. The van der Waals surface area contributed by atoms with Crippen LogP contribution in [0.3, 0.4) is 0 Å². The van der Waals surface area contributed by atoms with E-state index in [-0.39, 0.29) is 12.5 Å². The zero-order valence-corrected chi connectivity index (χ0v) is 12.3. The van der Waals surface area contributed by atoms with Crippen LogP contribution in [-0.4, -0.2) is 64.7 Å². The van der Waals surface area contributed by atoms with Crippen molar-refractivity contribution in [3.8, 4) is 0 Å². The maximum absolute atomic E-state index is 12.7. The number of carbonyl (C=O) groups excluding carboxylic acids is 1. The highest BCUT2D eigenvalue weighted by atomic mass is 16.3. The van der Waals surface area contributed by atoms with Crippen molar-refractivity contribution in [3.05, 3.63) is 36.0 Å². The molecule has 0 spiro atoms. The Morgan fingerprint density at radius 2 is 1.90 bits per heavy atom. The number of amides is 1. The third-order valence-electron chi connectivity index (χ3n) is 4.25. The average Bonchev–Trinajstić information content (AvgIpc) is 2.85. The molecule has 21 heavy (non-hydrogen) atoms. The number of aliphatic hydroxyl groups excluding tert-OH is 1. The summed E-state index contributed by atoms with van der Waals surface area (Å²) in [6.07, 6.45) is 0. The molecule has 2 heterocycles. The number of hydrogen-bond donors (Lipinski definition) is 1. The maximum atomic E-state index is 12.7. The topological polar surface area (TPSA) is 48.7 Å². The van der Waals surface area contributed by atoms with Crippen LogP contribution in [0.4, 0.5) is 0 Å². The highest BCUT2D eigenvalue weighted by Crippen LogP contribution is 2.20. The number of nitrogens with zero attached hydrogens (tertiary/aromatic N) is 3. The number of carbonyl (C=O) groups is 1. The van der Waals surface area contributed by atoms with Gasteiger partial charge in [0.2, 0.25) is 0 Å². The maximum Gasteiger partial charge on any atom is 0.270 e. The molecule has 1 aliphatic rings. The predicted molar refractivity (Wildman–Crippen MR) is 82.3 cm³/mol. The zero-order chi connectivity index (χ0) is 14.8. The first-order valence-corrected chi connectivity index (χ1v) is 7.37. The number of piperazine rings is 1. The van der Waals surface area contributed by atoms with E-state index in [2.05, 4.69) is 4.90 Å². The predicted octanol–water partition coefficient (Wildman–Crippen LogP) is 0.928. The van der Waals surface area contributed by atoms with Gasteiger partial charge in [-0.15, -0.1) is 0 Å². The summed E-state index contributed by atoms with van der Waals surface area (Å²) in [7, 11) is 1.94. The van der Waals surface area contributed by atoms with Crippen LogP contribution >= 0.6 is 0 Å². The third kappa shape index (κ3) is 2.66. The van der Waals surface area contributed by atoms with Crippen molar-refractivity contribution in [1.82, 2.24) is 14.4 Å². The van der Waals surface area contributed by atoms with Crippen LogP contribution < -0.4 is 0 Å². The molecule has 1 fully saturated rings. The van der Waals surface area contributed by atoms with Crippen molar-refractivity contribution in [2.45, 2.75) is 0 Å². The monoisotopic (exact) mass is 287 g/mol. The van der Waals surface area contributed by atoms with Crippen molar-refractivity contribution in [3.63, 3.8) is 0 Å². The van der Waals surface area contributed by atoms with Crippen molar-refractivity contribution in [2.75, 3.05) is 39.3 Å². The van der Waals surface area contributed by atoms with Gasteiger partial charge in [-0.25, -0.2) is 0 Å². The van der Waals surface area contributed by atoms with Gasteiger partial charge in [0.25, 0.3) is 5.91 Å². The summed E-state index contributed by atoms with van der Waals surface area (Å²) in [4.78, 5) is 16.8. The summed E-state index contributed by atoms with van der Waals surface area (Å²) < 4.78 is 1.97. The van der Waals surface area contributed by atoms with Gasteiger partial charge in [-0.05, 0) is 12.1 Å². The van der Waals surface area contributed by atoms with E-state index in [0.717, 1.165) is 42.8 Å². The molecular weight excluding hydrogens is 266 g/mol. The molecule has 2 aromatic rings. The van der Waals surface area contributed by atoms with E-state index in [1.807, 2.05) is 46.8 Å². The third-order valence-corrected chi connectivity index (χ3v) is 4.25. The van der Waals surface area contributed by atoms with Gasteiger partial charge >= 0.3 is 0 Å². The molecule has 1 saturated heterocycles. The van der Waals surface area contributed by atoms with Gasteiger partial charge in [-0.2, -0.15) is 0 Å². The van der Waals surface area contributed by atoms with Gasteiger partial charge in [0, 0.05) is 50.7 Å². The minimum atomic E-state index is 0.0948. The summed E-state index contributed by atoms with van der Waals surface area (Å²) in [6, 6.07) is 10.0. The lowest BCUT2D eigenvalue weighted by atomic mass is 10.2. The second kappa shape index (κ2) is 5.87. The van der Waals surface area contributed by atoms with E-state index in [0.29, 0.717) is 6.54 Å². The Morgan fingerprint density at radius 1 is 1.19 bits per heavy atom. The van der Waals surface area contributed by atoms with Gasteiger partial charge in [-0.3, -0.25) is 9.69 Å². The van der Waals surface area contributed by atoms with Crippen molar-refractivity contribution < 1.29 is 9.90 Å². The minimum Gasteiger partial charge on any atom is -0.395 e. The quantitative estimate of drug-likeness (QED) is 0.913. The molecule has 0 unspecified atom stereocenters. The molecule has 1 aliphatic heterocycles. The molecule has 0 aliphatic carbocycles. The number of aryl methyl sites for hydroxylation is 1. The number of rotatable bonds is 3. The molecule has 3 rings (SSSR count). The van der Waals surface area contributed by atoms with Gasteiger partial charge in [0.15, 0.2) is 0 Å². The Balaban J connectivity index is 1.77. The molecule has 0 saturated carbocycles. The zero-order valence-electron chi connectivity index (χ0n) is 12.3. The smallest absolute Gasteiger partial charge is 0.270 e. The van der Waals surface area contributed by atoms with E-state index in [1.165, 1.54) is 0 Å². The van der Waals surface area contributed by atoms with Crippen LogP contribution in [0.5, 0.6) is 0 Å². The Morgan fingerprint density at radius 3 is 2.57 bits per heavy atom. The fourth-order valence-corrected chi connectivity index (χ4v) is 2.97. The first-order chi connectivity index (χ1) is 10.2. The van der Waals surface area contributed by atoms with Crippen LogP contribution in [0.15, 0.2) is 30.3 Å². The van der Waals surface area contributed by atoms with Gasteiger partial charge in [0.05, 0.1) is 6.61 Å². The first-order valence-electron chi connectivity index (χ1n) is 7.37. The number of aromatic nitrogens is 1. The molecule has 1 N–H and O–H groups in total. The van der Waals surface area contributed by atoms with Crippen molar-refractivity contribution in [2.24, 2.45) is 7.05 Å². The van der Waals surface area contributed by atoms with Crippen LogP contribution in [0, 0.1) is 0 Å². The fourth-order valence-electron chi connectivity index (χ4n) is 2.97. The Kier molecular flexibility index (Phi) is 3.94. The van der Waals surface area contributed by atoms with E-state index in [1.54, 1.807) is 0 Å². The van der Waals surface area contributed by atoms with Crippen LogP contribution in [0.25, 0.3) is 10.9 Å². The summed E-state index contributed by atoms with van der Waals surface area (Å²) in [5.74, 6) is 0.0948. The molecule has 112 valence electrons. The molecule has 1 aromatic carbocycles. The van der Waals surface area contributed by atoms with Gasteiger partial charge < -0.3 is 14.6 Å². The number of para-hydroxylation sites is 1. The normalized spacial score (nSPS) is 16.6. The molecular formula is C16H21N3O2. The van der Waals surface area contributed by atoms with Crippen molar-refractivity contribution in [1.29, 1.82) is 0 Å². The van der Waals surface area contributed by atoms with Crippen LogP contribution in [0.1, 0.15) is 10.5 Å². The number of aliphatic hydroxyl groups is 1. The highest BCUT2D eigenvalue weighted by molar-refractivity contribution is 5.98. The van der Waals surface area contributed by atoms with E-state index in [9.17, 15) is 4.79 Å². The second-order valence-corrected chi connectivity index (χ2v) is 5.50. The second-order valence-electron chi connectivity index (χ2n) is 5.50. The number of benzene rings is 1. The first kappa shape index (κ1) is 14.1. The number of β-amino-alcohol motifs (C(OH)–C–C–N with tert-alkyl or cyclic N) is 1. The summed E-state index contributed by atoms with van der Waals surface area (Å²) >= 11 is 0. The molecule has 0 radical (unpaired) electrons. The lowest BCUT2D eigenvalue weighted by Crippen LogP contribution is -2.49. The molecule has 5 nitrogen and oxygen atoms in total. The van der Waals surface area contributed by atoms with Crippen LogP contribution in [-0.2, 0) is 7.05 Å². The fraction of sp³-hybridized carbons (Fsp3) is 0.438. The summed E-state index contributed by atoms with van der Waals surface area (Å²) in [5, 5.41) is 10.1. The Labute approximate surface area is 124 Å². The summed E-state index contributed by atoms with van der Waals surface area (Å²) in [6.45, 7) is 3.97. The minimum absolute atomic E-state index is 0.0948. The molecule has 0 bridgehead atoms. The molecule has 1 amide bonds. The molecule has 0 atom stereocenters. The Bertz CT molecular complexity index is 642. The van der Waals surface area contributed by atoms with Crippen LogP contribution in [0.2, 0.25) is 0 Å². The van der Waals surface area contributed by atoms with Gasteiger partial charge in [-0.1, -0.05) is 18.2 Å². The van der Waals surface area contributed by atoms with Gasteiger partial charge in [0.1, 0.15) is 5.69 Å². The van der Waals surface area contributed by atoms with E-state index >= 15 is 0 Å². The largest absolute Gasteiger partial charge is 0.395 e. The summed E-state index contributed by atoms with van der Waals surface area (Å²) in [5.41, 5.74) is 1.83. The SMILES string of the molecule is Cn1c(C(=O)N2CCN(CCO)CC2)cc2ccccc21. The highest BCUT2D eigenvalue weighted by Gasteiger charge is 2.24. The number of fused-ring (bicyclic) bond motifs is 1. The number of hydrogen-bond acceptors (Lipinski definition) is 3.